The first-order chi connectivity index (χ1) is 21.1. The van der Waals surface area contributed by atoms with E-state index in [0.29, 0.717) is 18.8 Å². The van der Waals surface area contributed by atoms with Gasteiger partial charge in [0.05, 0.1) is 19.0 Å². The molecule has 0 unspecified atom stereocenters. The first-order valence-corrected chi connectivity index (χ1v) is 15.0. The Morgan fingerprint density at radius 2 is 1.40 bits per heavy atom. The number of anilines is 1. The molecular formula is C35H37N5O3. The highest BCUT2D eigenvalue weighted by molar-refractivity contribution is 6.04. The summed E-state index contributed by atoms with van der Waals surface area (Å²) in [5.41, 5.74) is 3.20. The lowest BCUT2D eigenvalue weighted by Gasteiger charge is -2.41. The third-order valence-corrected chi connectivity index (χ3v) is 8.46. The number of amides is 3. The molecule has 4 aromatic rings. The number of piperazine rings is 2. The summed E-state index contributed by atoms with van der Waals surface area (Å²) in [5.74, 6) is -0.697. The first kappa shape index (κ1) is 28.6. The number of hydrogen-bond acceptors (Lipinski definition) is 5. The molecule has 2 N–H and O–H groups in total. The van der Waals surface area contributed by atoms with Crippen LogP contribution < -0.4 is 10.6 Å². The maximum Gasteiger partial charge on any atom is 0.243 e. The van der Waals surface area contributed by atoms with Crippen LogP contribution in [0.3, 0.4) is 0 Å². The maximum absolute atomic E-state index is 13.6. The van der Waals surface area contributed by atoms with Crippen molar-refractivity contribution in [3.05, 3.63) is 114 Å². The Hall–Kier alpha value is -4.53. The van der Waals surface area contributed by atoms with Crippen LogP contribution in [-0.4, -0.2) is 84.3 Å². The molecule has 8 heteroatoms. The van der Waals surface area contributed by atoms with Crippen LogP contribution in [0.1, 0.15) is 23.6 Å². The van der Waals surface area contributed by atoms with E-state index in [9.17, 15) is 14.4 Å². The maximum atomic E-state index is 13.6. The number of nitrogens with zero attached hydrogens (tertiary/aromatic N) is 3. The Kier molecular flexibility index (Phi) is 8.77. The lowest BCUT2D eigenvalue weighted by molar-refractivity contribution is -0.145. The molecule has 1 atom stereocenters. The van der Waals surface area contributed by atoms with Crippen molar-refractivity contribution >= 4 is 34.2 Å². The Labute approximate surface area is 252 Å². The SMILES string of the molecule is O=C(C[C@H]1C(=O)NCCN1C(=O)CN1CCN(C(c2ccccc2)c2ccccc2)CC1)Nc1cccc2ccccc12. The highest BCUT2D eigenvalue weighted by Crippen LogP contribution is 2.29. The molecule has 4 aromatic carbocycles. The minimum atomic E-state index is -0.835. The predicted octanol–water partition coefficient (Wildman–Crippen LogP) is 3.90. The number of rotatable bonds is 8. The molecule has 2 saturated heterocycles. The number of fused-ring (bicyclic) bond motifs is 1. The summed E-state index contributed by atoms with van der Waals surface area (Å²) in [5, 5.41) is 7.75. The van der Waals surface area contributed by atoms with E-state index in [1.165, 1.54) is 11.1 Å². The Balaban J connectivity index is 1.08. The highest BCUT2D eigenvalue weighted by atomic mass is 16.2. The Morgan fingerprint density at radius 3 is 2.09 bits per heavy atom. The lowest BCUT2D eigenvalue weighted by Crippen LogP contribution is -2.60. The molecule has 0 aromatic heterocycles. The van der Waals surface area contributed by atoms with Gasteiger partial charge < -0.3 is 15.5 Å². The first-order valence-electron chi connectivity index (χ1n) is 15.0. The fourth-order valence-corrected chi connectivity index (χ4v) is 6.27. The molecule has 2 heterocycles. The molecule has 0 saturated carbocycles. The monoisotopic (exact) mass is 575 g/mol. The largest absolute Gasteiger partial charge is 0.353 e. The molecule has 2 aliphatic rings. The molecule has 0 aliphatic carbocycles. The number of nitrogens with one attached hydrogen (secondary N) is 2. The van der Waals surface area contributed by atoms with Crippen molar-refractivity contribution < 1.29 is 14.4 Å². The van der Waals surface area contributed by atoms with E-state index in [4.69, 9.17) is 0 Å². The summed E-state index contributed by atoms with van der Waals surface area (Å²) < 4.78 is 0. The van der Waals surface area contributed by atoms with E-state index in [-0.39, 0.29) is 36.7 Å². The minimum Gasteiger partial charge on any atom is -0.353 e. The van der Waals surface area contributed by atoms with Gasteiger partial charge in [0.25, 0.3) is 0 Å². The van der Waals surface area contributed by atoms with Crippen LogP contribution >= 0.6 is 0 Å². The summed E-state index contributed by atoms with van der Waals surface area (Å²) in [4.78, 5) is 45.8. The second-order valence-electron chi connectivity index (χ2n) is 11.2. The fraction of sp³-hybridized carbons (Fsp3) is 0.286. The van der Waals surface area contributed by atoms with Crippen LogP contribution in [0.15, 0.2) is 103 Å². The second kappa shape index (κ2) is 13.2. The van der Waals surface area contributed by atoms with Gasteiger partial charge in [0.2, 0.25) is 17.7 Å². The fourth-order valence-electron chi connectivity index (χ4n) is 6.27. The number of carbonyl (C=O) groups excluding carboxylic acids is 3. The van der Waals surface area contributed by atoms with Crippen LogP contribution in [-0.2, 0) is 14.4 Å². The zero-order chi connectivity index (χ0) is 29.6. The van der Waals surface area contributed by atoms with E-state index in [1.54, 1.807) is 4.90 Å². The summed E-state index contributed by atoms with van der Waals surface area (Å²) in [7, 11) is 0. The molecule has 3 amide bonds. The van der Waals surface area contributed by atoms with Gasteiger partial charge in [-0.1, -0.05) is 97.1 Å². The third kappa shape index (κ3) is 6.61. The smallest absolute Gasteiger partial charge is 0.243 e. The van der Waals surface area contributed by atoms with Crippen LogP contribution in [0.25, 0.3) is 10.8 Å². The van der Waals surface area contributed by atoms with Crippen LogP contribution in [0.5, 0.6) is 0 Å². The van der Waals surface area contributed by atoms with Gasteiger partial charge in [0.1, 0.15) is 6.04 Å². The molecule has 6 rings (SSSR count). The van der Waals surface area contributed by atoms with Gasteiger partial charge >= 0.3 is 0 Å². The van der Waals surface area contributed by atoms with Crippen molar-refractivity contribution in [2.75, 3.05) is 51.1 Å². The van der Waals surface area contributed by atoms with Crippen molar-refractivity contribution in [2.24, 2.45) is 0 Å². The highest BCUT2D eigenvalue weighted by Gasteiger charge is 2.36. The molecule has 8 nitrogen and oxygen atoms in total. The molecule has 220 valence electrons. The van der Waals surface area contributed by atoms with Gasteiger partial charge in [-0.05, 0) is 22.6 Å². The zero-order valence-electron chi connectivity index (χ0n) is 24.2. The average molecular weight is 576 g/mol. The van der Waals surface area contributed by atoms with Crippen molar-refractivity contribution in [3.8, 4) is 0 Å². The molecule has 0 radical (unpaired) electrons. The molecule has 2 fully saturated rings. The summed E-state index contributed by atoms with van der Waals surface area (Å²) in [6, 6.07) is 33.9. The van der Waals surface area contributed by atoms with Gasteiger partial charge in [-0.25, -0.2) is 0 Å². The summed E-state index contributed by atoms with van der Waals surface area (Å²) >= 11 is 0. The number of carbonyl (C=O) groups is 3. The molecule has 0 bridgehead atoms. The quantitative estimate of drug-likeness (QED) is 0.333. The third-order valence-electron chi connectivity index (χ3n) is 8.46. The van der Waals surface area contributed by atoms with E-state index < -0.39 is 6.04 Å². The van der Waals surface area contributed by atoms with Gasteiger partial charge in [-0.3, -0.25) is 24.2 Å². The second-order valence-corrected chi connectivity index (χ2v) is 11.2. The Morgan fingerprint density at radius 1 is 0.767 bits per heavy atom. The lowest BCUT2D eigenvalue weighted by atomic mass is 9.96. The zero-order valence-corrected chi connectivity index (χ0v) is 24.2. The van der Waals surface area contributed by atoms with Gasteiger partial charge in [-0.2, -0.15) is 0 Å². The van der Waals surface area contributed by atoms with E-state index in [0.717, 1.165) is 37.0 Å². The summed E-state index contributed by atoms with van der Waals surface area (Å²) in [6.07, 6.45) is -0.0929. The van der Waals surface area contributed by atoms with Crippen LogP contribution in [0, 0.1) is 0 Å². The average Bonchev–Trinajstić information content (AvgIpc) is 3.04. The molecule has 43 heavy (non-hydrogen) atoms. The normalized spacial score (nSPS) is 18.0. The predicted molar refractivity (Wildman–Crippen MR) is 168 cm³/mol. The molecule has 2 aliphatic heterocycles. The number of benzene rings is 4. The van der Waals surface area contributed by atoms with E-state index >= 15 is 0 Å². The number of hydrogen-bond donors (Lipinski definition) is 2. The van der Waals surface area contributed by atoms with Gasteiger partial charge in [0, 0.05) is 50.3 Å². The van der Waals surface area contributed by atoms with Gasteiger partial charge in [-0.15, -0.1) is 0 Å². The van der Waals surface area contributed by atoms with Gasteiger partial charge in [0.15, 0.2) is 0 Å². The van der Waals surface area contributed by atoms with Crippen LogP contribution in [0.4, 0.5) is 5.69 Å². The van der Waals surface area contributed by atoms with Crippen molar-refractivity contribution in [2.45, 2.75) is 18.5 Å². The Bertz CT molecular complexity index is 1530. The topological polar surface area (TPSA) is 85.0 Å². The van der Waals surface area contributed by atoms with E-state index in [1.807, 2.05) is 54.6 Å². The molecular weight excluding hydrogens is 538 g/mol. The van der Waals surface area contributed by atoms with Crippen molar-refractivity contribution in [1.29, 1.82) is 0 Å². The van der Waals surface area contributed by atoms with Crippen molar-refractivity contribution in [3.63, 3.8) is 0 Å². The minimum absolute atomic E-state index is 0.0929. The molecule has 0 spiro atoms. The van der Waals surface area contributed by atoms with E-state index in [2.05, 4.69) is 69.0 Å². The standard InChI is InChI=1S/C35H37N5O3/c41-32(37-30-17-9-15-26-10-7-8-16-29(26)30)24-31-35(43)36-18-19-40(31)33(42)25-38-20-22-39(23-21-38)34(27-11-3-1-4-12-27)28-13-5-2-6-14-28/h1-17,31,34H,18-25H2,(H,36,43)(H,37,41)/t31-/m0/s1. The van der Waals surface area contributed by atoms with Crippen molar-refractivity contribution in [1.82, 2.24) is 20.0 Å². The van der Waals surface area contributed by atoms with Crippen LogP contribution in [0.2, 0.25) is 0 Å². The summed E-state index contributed by atoms with van der Waals surface area (Å²) in [6.45, 7) is 4.13.